The predicted octanol–water partition coefficient (Wildman–Crippen LogP) is 1.000. The van der Waals surface area contributed by atoms with Gasteiger partial charge in [-0.05, 0) is 23.9 Å². The van der Waals surface area contributed by atoms with Gasteiger partial charge in [0.1, 0.15) is 16.7 Å². The molecule has 0 aliphatic heterocycles. The lowest BCUT2D eigenvalue weighted by molar-refractivity contribution is 0.112. The second kappa shape index (κ2) is 4.79. The van der Waals surface area contributed by atoms with Crippen LogP contribution in [0.5, 0.6) is 0 Å². The summed E-state index contributed by atoms with van der Waals surface area (Å²) >= 11 is 1.23. The van der Waals surface area contributed by atoms with Crippen LogP contribution in [-0.2, 0) is 0 Å². The van der Waals surface area contributed by atoms with Gasteiger partial charge in [-0.1, -0.05) is 0 Å². The van der Waals surface area contributed by atoms with Gasteiger partial charge in [0.15, 0.2) is 11.4 Å². The van der Waals surface area contributed by atoms with E-state index in [-0.39, 0.29) is 0 Å². The van der Waals surface area contributed by atoms with E-state index < -0.39 is 0 Å². The number of pyridine rings is 1. The molecule has 0 saturated carbocycles. The number of nitrogens with zero attached hydrogens (tertiary/aromatic N) is 3. The largest absolute Gasteiger partial charge is 0.383 e. The Hall–Kier alpha value is -2.15. The predicted molar refractivity (Wildman–Crippen MR) is 64.6 cm³/mol. The second-order valence-electron chi connectivity index (χ2n) is 3.15. The van der Waals surface area contributed by atoms with Crippen molar-refractivity contribution in [3.05, 3.63) is 30.0 Å². The molecule has 2 aromatic heterocycles. The molecule has 0 atom stereocenters. The van der Waals surface area contributed by atoms with Crippen molar-refractivity contribution < 1.29 is 4.79 Å². The quantitative estimate of drug-likeness (QED) is 0.615. The fourth-order valence-electron chi connectivity index (χ4n) is 1.12. The third-order valence-electron chi connectivity index (χ3n) is 1.84. The average Bonchev–Trinajstić information content (AvgIpc) is 2.28. The van der Waals surface area contributed by atoms with Crippen LogP contribution in [-0.4, -0.2) is 21.2 Å². The normalized spacial score (nSPS) is 10.1. The fourth-order valence-corrected chi connectivity index (χ4v) is 1.85. The summed E-state index contributed by atoms with van der Waals surface area (Å²) in [5.74, 6) is 0.619. The first-order chi connectivity index (χ1) is 8.17. The molecule has 7 heteroatoms. The first kappa shape index (κ1) is 11.3. The van der Waals surface area contributed by atoms with Gasteiger partial charge in [0.25, 0.3) is 0 Å². The fraction of sp³-hybridized carbons (Fsp3) is 0. The first-order valence-electron chi connectivity index (χ1n) is 4.66. The molecule has 0 amide bonds. The number of nitrogens with two attached hydrogens (primary N) is 2. The lowest BCUT2D eigenvalue weighted by Gasteiger charge is -2.01. The van der Waals surface area contributed by atoms with Crippen molar-refractivity contribution in [2.45, 2.75) is 10.2 Å². The average molecular weight is 247 g/mol. The number of hydrogen-bond donors (Lipinski definition) is 2. The minimum Gasteiger partial charge on any atom is -0.383 e. The highest BCUT2D eigenvalue weighted by Gasteiger charge is 2.04. The molecule has 0 aromatic carbocycles. The molecular formula is C10H9N5OS. The van der Waals surface area contributed by atoms with Crippen LogP contribution in [0.4, 0.5) is 11.6 Å². The summed E-state index contributed by atoms with van der Waals surface area (Å²) in [5.41, 5.74) is 11.6. The molecule has 0 aliphatic rings. The van der Waals surface area contributed by atoms with Crippen LogP contribution in [0.3, 0.4) is 0 Å². The van der Waals surface area contributed by atoms with Crippen molar-refractivity contribution in [1.29, 1.82) is 0 Å². The van der Waals surface area contributed by atoms with E-state index in [1.54, 1.807) is 12.1 Å². The Balaban J connectivity index is 2.21. The van der Waals surface area contributed by atoms with Gasteiger partial charge in [-0.2, -0.15) is 0 Å². The van der Waals surface area contributed by atoms with E-state index in [1.807, 2.05) is 0 Å². The maximum atomic E-state index is 10.5. The summed E-state index contributed by atoms with van der Waals surface area (Å²) in [7, 11) is 0. The zero-order valence-electron chi connectivity index (χ0n) is 8.70. The van der Waals surface area contributed by atoms with Gasteiger partial charge >= 0.3 is 0 Å². The highest BCUT2D eigenvalue weighted by molar-refractivity contribution is 7.99. The second-order valence-corrected chi connectivity index (χ2v) is 4.14. The molecule has 0 fully saturated rings. The Bertz CT molecular complexity index is 523. The van der Waals surface area contributed by atoms with Crippen molar-refractivity contribution in [3.8, 4) is 0 Å². The maximum Gasteiger partial charge on any atom is 0.197 e. The number of hydrogen-bond acceptors (Lipinski definition) is 7. The summed E-state index contributed by atoms with van der Waals surface area (Å²) < 4.78 is 0. The molecule has 0 saturated heterocycles. The van der Waals surface area contributed by atoms with Gasteiger partial charge in [-0.15, -0.1) is 0 Å². The number of aldehydes is 1. The van der Waals surface area contributed by atoms with Crippen LogP contribution in [0.15, 0.2) is 34.6 Å². The third-order valence-corrected chi connectivity index (χ3v) is 2.65. The van der Waals surface area contributed by atoms with Gasteiger partial charge in [-0.25, -0.2) is 15.0 Å². The number of aromatic nitrogens is 3. The molecule has 0 radical (unpaired) electrons. The molecule has 2 heterocycles. The Labute approximate surface area is 101 Å². The molecule has 0 spiro atoms. The van der Waals surface area contributed by atoms with E-state index in [9.17, 15) is 4.79 Å². The van der Waals surface area contributed by atoms with Crippen LogP contribution < -0.4 is 11.5 Å². The molecular weight excluding hydrogens is 238 g/mol. The van der Waals surface area contributed by atoms with Gasteiger partial charge in [0.05, 0.1) is 0 Å². The number of rotatable bonds is 3. The van der Waals surface area contributed by atoms with Crippen LogP contribution in [0.25, 0.3) is 0 Å². The van der Waals surface area contributed by atoms with Gasteiger partial charge < -0.3 is 11.5 Å². The highest BCUT2D eigenvalue weighted by Crippen LogP contribution is 2.23. The van der Waals surface area contributed by atoms with Gasteiger partial charge in [0, 0.05) is 17.8 Å². The number of nitrogen functional groups attached to an aromatic ring is 2. The first-order valence-corrected chi connectivity index (χ1v) is 5.48. The van der Waals surface area contributed by atoms with Crippen molar-refractivity contribution in [1.82, 2.24) is 15.0 Å². The Morgan fingerprint density at radius 2 is 1.88 bits per heavy atom. The highest BCUT2D eigenvalue weighted by atomic mass is 32.2. The third kappa shape index (κ3) is 2.91. The summed E-state index contributed by atoms with van der Waals surface area (Å²) in [4.78, 5) is 22.6. The lowest BCUT2D eigenvalue weighted by Crippen LogP contribution is -1.99. The minimum atomic E-state index is 0.310. The Morgan fingerprint density at radius 3 is 2.41 bits per heavy atom. The van der Waals surface area contributed by atoms with Crippen LogP contribution in [0, 0.1) is 0 Å². The summed E-state index contributed by atoms with van der Waals surface area (Å²) in [6.45, 7) is 0. The molecule has 6 nitrogen and oxygen atoms in total. The van der Waals surface area contributed by atoms with E-state index in [2.05, 4.69) is 15.0 Å². The summed E-state index contributed by atoms with van der Waals surface area (Å²) in [6, 6.07) is 4.85. The molecule has 17 heavy (non-hydrogen) atoms. The number of carbonyl (C=O) groups excluding carboxylic acids is 1. The SMILES string of the molecule is Nc1cc(N)nc(Sc2ccc(C=O)cn2)n1. The Morgan fingerprint density at radius 1 is 1.18 bits per heavy atom. The van der Waals surface area contributed by atoms with E-state index in [0.29, 0.717) is 27.4 Å². The van der Waals surface area contributed by atoms with Crippen molar-refractivity contribution in [3.63, 3.8) is 0 Å². The zero-order chi connectivity index (χ0) is 12.3. The van der Waals surface area contributed by atoms with Gasteiger partial charge in [-0.3, -0.25) is 4.79 Å². The lowest BCUT2D eigenvalue weighted by atomic mass is 10.3. The van der Waals surface area contributed by atoms with Crippen LogP contribution >= 0.6 is 11.8 Å². The zero-order valence-corrected chi connectivity index (χ0v) is 9.52. The number of anilines is 2. The van der Waals surface area contributed by atoms with E-state index in [0.717, 1.165) is 6.29 Å². The maximum absolute atomic E-state index is 10.5. The van der Waals surface area contributed by atoms with Crippen molar-refractivity contribution in [2.75, 3.05) is 11.5 Å². The molecule has 0 bridgehead atoms. The molecule has 0 unspecified atom stereocenters. The van der Waals surface area contributed by atoms with Crippen LogP contribution in [0.2, 0.25) is 0 Å². The van der Waals surface area contributed by atoms with Crippen molar-refractivity contribution >= 4 is 29.7 Å². The Kier molecular flexibility index (Phi) is 3.20. The molecule has 4 N–H and O–H groups in total. The summed E-state index contributed by atoms with van der Waals surface area (Å²) in [6.07, 6.45) is 2.21. The molecule has 2 rings (SSSR count). The standard InChI is InChI=1S/C10H9N5OS/c11-7-3-8(12)15-10(14-7)17-9-2-1-6(5-16)4-13-9/h1-5H,(H4,11,12,14,15). The van der Waals surface area contributed by atoms with E-state index >= 15 is 0 Å². The van der Waals surface area contributed by atoms with Gasteiger partial charge in [0.2, 0.25) is 0 Å². The smallest absolute Gasteiger partial charge is 0.197 e. The number of carbonyl (C=O) groups is 1. The van der Waals surface area contributed by atoms with E-state index in [1.165, 1.54) is 24.0 Å². The molecule has 0 aliphatic carbocycles. The minimum absolute atomic E-state index is 0.310. The van der Waals surface area contributed by atoms with Crippen LogP contribution in [0.1, 0.15) is 10.4 Å². The topological polar surface area (TPSA) is 108 Å². The molecule has 86 valence electrons. The molecule has 2 aromatic rings. The van der Waals surface area contributed by atoms with Crippen molar-refractivity contribution in [2.24, 2.45) is 0 Å². The summed E-state index contributed by atoms with van der Waals surface area (Å²) in [5, 5.41) is 1.09. The monoisotopic (exact) mass is 247 g/mol. The van der Waals surface area contributed by atoms with E-state index in [4.69, 9.17) is 11.5 Å².